The Morgan fingerprint density at radius 1 is 0.679 bits per heavy atom. The van der Waals surface area contributed by atoms with Crippen molar-refractivity contribution in [3.63, 3.8) is 0 Å². The minimum absolute atomic E-state index is 0.150. The van der Waals surface area contributed by atoms with Gasteiger partial charge in [-0.1, -0.05) is 104 Å². The zero-order chi connectivity index (χ0) is 21.0. The molecular formula is C24H46O4. The first-order chi connectivity index (χ1) is 13.5. The van der Waals surface area contributed by atoms with Gasteiger partial charge in [-0.05, 0) is 25.2 Å². The molecule has 4 nitrogen and oxygen atoms in total. The lowest BCUT2D eigenvalue weighted by Crippen LogP contribution is -2.18. The molecule has 166 valence electrons. The van der Waals surface area contributed by atoms with Gasteiger partial charge in [0.25, 0.3) is 0 Å². The van der Waals surface area contributed by atoms with Gasteiger partial charge in [0.1, 0.15) is 0 Å². The van der Waals surface area contributed by atoms with E-state index in [4.69, 9.17) is 5.11 Å². The molecule has 0 fully saturated rings. The van der Waals surface area contributed by atoms with Crippen LogP contribution in [0.2, 0.25) is 0 Å². The fourth-order valence-corrected chi connectivity index (χ4v) is 3.98. The van der Waals surface area contributed by atoms with Crippen molar-refractivity contribution in [1.82, 2.24) is 0 Å². The van der Waals surface area contributed by atoms with E-state index in [-0.39, 0.29) is 5.92 Å². The monoisotopic (exact) mass is 398 g/mol. The molecule has 0 radical (unpaired) electrons. The molecule has 0 aliphatic heterocycles. The van der Waals surface area contributed by atoms with Gasteiger partial charge in [-0.3, -0.25) is 9.59 Å². The number of aliphatic carboxylic acids is 2. The molecule has 0 aliphatic rings. The first-order valence-electron chi connectivity index (χ1n) is 12.0. The number of carbonyl (C=O) groups is 2. The summed E-state index contributed by atoms with van der Waals surface area (Å²) in [5.41, 5.74) is 0. The van der Waals surface area contributed by atoms with Crippen LogP contribution in [-0.4, -0.2) is 22.2 Å². The average Bonchev–Trinajstić information content (AvgIpc) is 2.66. The van der Waals surface area contributed by atoms with Crippen molar-refractivity contribution >= 4 is 11.9 Å². The Bertz CT molecular complexity index is 381. The number of hydrogen-bond donors (Lipinski definition) is 2. The maximum absolute atomic E-state index is 11.6. The summed E-state index contributed by atoms with van der Waals surface area (Å²) in [7, 11) is 0. The normalized spacial score (nSPS) is 13.4. The van der Waals surface area contributed by atoms with E-state index in [1.807, 2.05) is 0 Å². The third kappa shape index (κ3) is 17.1. The Balaban J connectivity index is 3.60. The standard InChI is InChI=1S/C24H46O4/c1-3-5-17-21(4-2)20-22(24(27)28)18-15-13-11-9-7-6-8-10-12-14-16-19-23(25)26/h21-22H,3-20H2,1-2H3,(H,25,26)(H,27,28). The highest BCUT2D eigenvalue weighted by Crippen LogP contribution is 2.25. The van der Waals surface area contributed by atoms with Crippen molar-refractivity contribution in [1.29, 1.82) is 0 Å². The van der Waals surface area contributed by atoms with Crippen molar-refractivity contribution in [3.8, 4) is 0 Å². The molecule has 0 aromatic carbocycles. The Morgan fingerprint density at radius 2 is 1.18 bits per heavy atom. The molecule has 28 heavy (non-hydrogen) atoms. The van der Waals surface area contributed by atoms with E-state index in [2.05, 4.69) is 13.8 Å². The van der Waals surface area contributed by atoms with E-state index >= 15 is 0 Å². The summed E-state index contributed by atoms with van der Waals surface area (Å²) < 4.78 is 0. The number of rotatable bonds is 21. The third-order valence-corrected chi connectivity index (χ3v) is 5.95. The molecule has 0 aromatic rings. The lowest BCUT2D eigenvalue weighted by molar-refractivity contribution is -0.142. The van der Waals surface area contributed by atoms with Crippen molar-refractivity contribution in [3.05, 3.63) is 0 Å². The first kappa shape index (κ1) is 26.9. The van der Waals surface area contributed by atoms with Gasteiger partial charge < -0.3 is 10.2 Å². The van der Waals surface area contributed by atoms with Crippen LogP contribution in [0.25, 0.3) is 0 Å². The number of hydrogen-bond acceptors (Lipinski definition) is 2. The largest absolute Gasteiger partial charge is 0.481 e. The van der Waals surface area contributed by atoms with Crippen LogP contribution in [0.1, 0.15) is 129 Å². The predicted octanol–water partition coefficient (Wildman–Crippen LogP) is 7.45. The highest BCUT2D eigenvalue weighted by Gasteiger charge is 2.21. The zero-order valence-electron chi connectivity index (χ0n) is 18.6. The van der Waals surface area contributed by atoms with E-state index in [0.29, 0.717) is 12.3 Å². The van der Waals surface area contributed by atoms with Crippen LogP contribution in [-0.2, 0) is 9.59 Å². The summed E-state index contributed by atoms with van der Waals surface area (Å²) in [5, 5.41) is 18.1. The van der Waals surface area contributed by atoms with Crippen LogP contribution in [0.4, 0.5) is 0 Å². The average molecular weight is 399 g/mol. The zero-order valence-corrected chi connectivity index (χ0v) is 18.6. The molecule has 0 spiro atoms. The van der Waals surface area contributed by atoms with Gasteiger partial charge in [0.15, 0.2) is 0 Å². The molecule has 2 unspecified atom stereocenters. The molecule has 0 bridgehead atoms. The Hall–Kier alpha value is -1.06. The van der Waals surface area contributed by atoms with Crippen molar-refractivity contribution in [2.75, 3.05) is 0 Å². The fraction of sp³-hybridized carbons (Fsp3) is 0.917. The minimum Gasteiger partial charge on any atom is -0.481 e. The lowest BCUT2D eigenvalue weighted by Gasteiger charge is -2.19. The highest BCUT2D eigenvalue weighted by atomic mass is 16.4. The lowest BCUT2D eigenvalue weighted by atomic mass is 9.86. The van der Waals surface area contributed by atoms with Gasteiger partial charge in [0.05, 0.1) is 5.92 Å². The van der Waals surface area contributed by atoms with Gasteiger partial charge >= 0.3 is 11.9 Å². The van der Waals surface area contributed by atoms with Crippen LogP contribution in [0, 0.1) is 11.8 Å². The topological polar surface area (TPSA) is 74.6 Å². The van der Waals surface area contributed by atoms with Crippen LogP contribution in [0.5, 0.6) is 0 Å². The second-order valence-electron chi connectivity index (χ2n) is 8.51. The van der Waals surface area contributed by atoms with Crippen molar-refractivity contribution < 1.29 is 19.8 Å². The number of carboxylic acid groups (broad SMARTS) is 2. The fourth-order valence-electron chi connectivity index (χ4n) is 3.98. The van der Waals surface area contributed by atoms with Crippen molar-refractivity contribution in [2.24, 2.45) is 11.8 Å². The summed E-state index contributed by atoms with van der Waals surface area (Å²) in [4.78, 5) is 22.0. The second kappa shape index (κ2) is 19.3. The molecular weight excluding hydrogens is 352 g/mol. The Morgan fingerprint density at radius 3 is 1.61 bits per heavy atom. The highest BCUT2D eigenvalue weighted by molar-refractivity contribution is 5.69. The third-order valence-electron chi connectivity index (χ3n) is 5.95. The molecule has 0 heterocycles. The maximum Gasteiger partial charge on any atom is 0.306 e. The van der Waals surface area contributed by atoms with E-state index in [9.17, 15) is 14.7 Å². The molecule has 0 aliphatic carbocycles. The van der Waals surface area contributed by atoms with Crippen LogP contribution >= 0.6 is 0 Å². The summed E-state index contributed by atoms with van der Waals surface area (Å²) in [6.07, 6.45) is 19.4. The summed E-state index contributed by atoms with van der Waals surface area (Å²) in [6.45, 7) is 4.39. The first-order valence-corrected chi connectivity index (χ1v) is 12.0. The van der Waals surface area contributed by atoms with Crippen molar-refractivity contribution in [2.45, 2.75) is 129 Å². The number of carboxylic acids is 2. The molecule has 0 amide bonds. The molecule has 0 saturated carbocycles. The Kier molecular flexibility index (Phi) is 18.5. The number of unbranched alkanes of at least 4 members (excludes halogenated alkanes) is 11. The molecule has 0 saturated heterocycles. The minimum atomic E-state index is -0.684. The van der Waals surface area contributed by atoms with Crippen LogP contribution in [0.15, 0.2) is 0 Å². The van der Waals surface area contributed by atoms with Crippen LogP contribution in [0.3, 0.4) is 0 Å². The smallest absolute Gasteiger partial charge is 0.306 e. The maximum atomic E-state index is 11.6. The summed E-state index contributed by atoms with van der Waals surface area (Å²) >= 11 is 0. The van der Waals surface area contributed by atoms with Gasteiger partial charge in [0, 0.05) is 6.42 Å². The predicted molar refractivity (Wildman–Crippen MR) is 117 cm³/mol. The summed E-state index contributed by atoms with van der Waals surface area (Å²) in [5.74, 6) is -0.859. The van der Waals surface area contributed by atoms with Gasteiger partial charge in [-0.15, -0.1) is 0 Å². The van der Waals surface area contributed by atoms with Crippen LogP contribution < -0.4 is 0 Å². The van der Waals surface area contributed by atoms with E-state index < -0.39 is 11.9 Å². The second-order valence-corrected chi connectivity index (χ2v) is 8.51. The summed E-state index contributed by atoms with van der Waals surface area (Å²) in [6, 6.07) is 0. The SMILES string of the molecule is CCCCC(CC)CC(CCCCCCCCCCCCCC(=O)O)C(=O)O. The quantitative estimate of drug-likeness (QED) is 0.197. The van der Waals surface area contributed by atoms with Gasteiger partial charge in [-0.2, -0.15) is 0 Å². The Labute approximate surface area is 173 Å². The van der Waals surface area contributed by atoms with Gasteiger partial charge in [0.2, 0.25) is 0 Å². The van der Waals surface area contributed by atoms with E-state index in [0.717, 1.165) is 51.4 Å². The van der Waals surface area contributed by atoms with Gasteiger partial charge in [-0.25, -0.2) is 0 Å². The van der Waals surface area contributed by atoms with E-state index in [1.165, 1.54) is 57.8 Å². The molecule has 2 atom stereocenters. The molecule has 0 aromatic heterocycles. The van der Waals surface area contributed by atoms with E-state index in [1.54, 1.807) is 0 Å². The molecule has 4 heteroatoms. The molecule has 0 rings (SSSR count). The molecule has 2 N–H and O–H groups in total.